The fraction of sp³-hybridized carbons (Fsp3) is 0.444. The maximum absolute atomic E-state index is 11.8. The van der Waals surface area contributed by atoms with E-state index in [1.54, 1.807) is 6.20 Å². The third kappa shape index (κ3) is 3.94. The van der Waals surface area contributed by atoms with Crippen LogP contribution in [0, 0.1) is 12.3 Å². The molecule has 2 N–H and O–H groups in total. The highest BCUT2D eigenvalue weighted by atomic mass is 16.6. The number of rotatable bonds is 3. The molecule has 1 fully saturated rings. The zero-order chi connectivity index (χ0) is 18.0. The maximum atomic E-state index is 11.8. The number of hydrogen-bond donors (Lipinski definition) is 2. The molecule has 1 saturated heterocycles. The average molecular weight is 341 g/mol. The lowest BCUT2D eigenvalue weighted by molar-refractivity contribution is 0.0344. The summed E-state index contributed by atoms with van der Waals surface area (Å²) in [4.78, 5) is 16.1. The van der Waals surface area contributed by atoms with E-state index in [-0.39, 0.29) is 11.4 Å². The number of aromatic nitrogens is 1. The number of pyridine rings is 1. The van der Waals surface area contributed by atoms with Crippen LogP contribution >= 0.6 is 0 Å². The van der Waals surface area contributed by atoms with E-state index in [0.29, 0.717) is 25.6 Å². The van der Waals surface area contributed by atoms with Gasteiger partial charge in [0.1, 0.15) is 5.82 Å². The van der Waals surface area contributed by atoms with Gasteiger partial charge >= 0.3 is 13.1 Å². The van der Waals surface area contributed by atoms with Gasteiger partial charge in [-0.05, 0) is 36.3 Å². The van der Waals surface area contributed by atoms with Crippen LogP contribution in [-0.4, -0.2) is 37.9 Å². The van der Waals surface area contributed by atoms with Crippen LogP contribution in [0.3, 0.4) is 0 Å². The van der Waals surface area contributed by atoms with Crippen molar-refractivity contribution in [3.8, 4) is 0 Å². The molecule has 132 valence electrons. The third-order valence-electron chi connectivity index (χ3n) is 4.24. The molecule has 0 saturated carbocycles. The maximum Gasteiger partial charge on any atom is 0.494 e. The molecule has 2 amide bonds. The van der Waals surface area contributed by atoms with Crippen molar-refractivity contribution in [3.63, 3.8) is 0 Å². The van der Waals surface area contributed by atoms with E-state index < -0.39 is 7.12 Å². The summed E-state index contributed by atoms with van der Waals surface area (Å²) < 4.78 is 11.9. The number of nitrogens with zero attached hydrogens (tertiary/aromatic N) is 1. The van der Waals surface area contributed by atoms with Gasteiger partial charge in [0.05, 0.1) is 0 Å². The van der Waals surface area contributed by atoms with Crippen LogP contribution in [0.25, 0.3) is 10.8 Å². The molecule has 6 nitrogen and oxygen atoms in total. The highest BCUT2D eigenvalue weighted by Crippen LogP contribution is 2.24. The van der Waals surface area contributed by atoms with Crippen molar-refractivity contribution < 1.29 is 14.1 Å². The number of amides is 2. The smallest absolute Gasteiger partial charge is 0.407 e. The molecule has 7 heteroatoms. The van der Waals surface area contributed by atoms with E-state index in [1.165, 1.54) is 0 Å². The number of benzene rings is 1. The van der Waals surface area contributed by atoms with Gasteiger partial charge in [-0.2, -0.15) is 0 Å². The molecule has 1 aromatic heterocycles. The SMILES string of the molecule is CCNC(=O)Nc1cc2c(B3OCC(C)(C)CO3)ccc(C)c2cn1. The molecule has 3 rings (SSSR count). The number of urea groups is 1. The lowest BCUT2D eigenvalue weighted by Crippen LogP contribution is -2.47. The summed E-state index contributed by atoms with van der Waals surface area (Å²) in [5, 5.41) is 7.46. The van der Waals surface area contributed by atoms with E-state index in [1.807, 2.05) is 32.0 Å². The van der Waals surface area contributed by atoms with Crippen LogP contribution in [0.2, 0.25) is 0 Å². The van der Waals surface area contributed by atoms with Gasteiger partial charge < -0.3 is 14.6 Å². The molecule has 2 aromatic rings. The number of carbonyl (C=O) groups is 1. The molecular weight excluding hydrogens is 317 g/mol. The Hall–Kier alpha value is -2.12. The first-order valence-corrected chi connectivity index (χ1v) is 8.57. The largest absolute Gasteiger partial charge is 0.494 e. The predicted molar refractivity (Wildman–Crippen MR) is 100 cm³/mol. The highest BCUT2D eigenvalue weighted by molar-refractivity contribution is 6.64. The van der Waals surface area contributed by atoms with Crippen molar-refractivity contribution in [1.82, 2.24) is 10.3 Å². The standard InChI is InChI=1S/C18H24BN3O3/c1-5-20-17(23)22-16-8-13-14(9-21-16)12(2)6-7-15(13)19-24-10-18(3,4)11-25-19/h6-9H,5,10-11H2,1-4H3,(H2,20,21,22,23). The summed E-state index contributed by atoms with van der Waals surface area (Å²) in [5.74, 6) is 0.501. The van der Waals surface area contributed by atoms with Crippen molar-refractivity contribution in [2.75, 3.05) is 25.1 Å². The van der Waals surface area contributed by atoms with E-state index in [0.717, 1.165) is 21.8 Å². The molecule has 1 aliphatic rings. The third-order valence-corrected chi connectivity index (χ3v) is 4.24. The van der Waals surface area contributed by atoms with Gasteiger partial charge in [0.2, 0.25) is 0 Å². The van der Waals surface area contributed by atoms with Crippen LogP contribution in [0.1, 0.15) is 26.3 Å². The van der Waals surface area contributed by atoms with Crippen LogP contribution in [-0.2, 0) is 9.31 Å². The molecule has 0 atom stereocenters. The molecule has 0 unspecified atom stereocenters. The number of carbonyl (C=O) groups excluding carboxylic acids is 1. The first-order valence-electron chi connectivity index (χ1n) is 8.57. The Labute approximate surface area is 148 Å². The summed E-state index contributed by atoms with van der Waals surface area (Å²) in [6.45, 7) is 9.99. The second-order valence-electron chi connectivity index (χ2n) is 7.19. The summed E-state index contributed by atoms with van der Waals surface area (Å²) >= 11 is 0. The first kappa shape index (κ1) is 17.7. The van der Waals surface area contributed by atoms with Gasteiger partial charge in [0.25, 0.3) is 0 Å². The van der Waals surface area contributed by atoms with Crippen LogP contribution < -0.4 is 16.1 Å². The fourth-order valence-electron chi connectivity index (χ4n) is 2.87. The number of fused-ring (bicyclic) bond motifs is 1. The van der Waals surface area contributed by atoms with Crippen LogP contribution in [0.15, 0.2) is 24.4 Å². The number of nitrogens with one attached hydrogen (secondary N) is 2. The molecule has 0 aliphatic carbocycles. The highest BCUT2D eigenvalue weighted by Gasteiger charge is 2.34. The zero-order valence-electron chi connectivity index (χ0n) is 15.2. The molecule has 0 spiro atoms. The zero-order valence-corrected chi connectivity index (χ0v) is 15.2. The number of anilines is 1. The summed E-state index contributed by atoms with van der Waals surface area (Å²) in [6.07, 6.45) is 1.78. The Kier molecular flexibility index (Phi) is 4.97. The van der Waals surface area contributed by atoms with Crippen molar-refractivity contribution in [2.24, 2.45) is 5.41 Å². The predicted octanol–water partition coefficient (Wildman–Crippen LogP) is 2.45. The monoisotopic (exact) mass is 341 g/mol. The minimum absolute atomic E-state index is 0.0174. The molecule has 1 aliphatic heterocycles. The second-order valence-corrected chi connectivity index (χ2v) is 7.19. The lowest BCUT2D eigenvalue weighted by atomic mass is 9.73. The Bertz CT molecular complexity index is 784. The minimum atomic E-state index is -0.407. The van der Waals surface area contributed by atoms with Gasteiger partial charge in [-0.1, -0.05) is 26.0 Å². The van der Waals surface area contributed by atoms with Gasteiger partial charge in [-0.3, -0.25) is 5.32 Å². The van der Waals surface area contributed by atoms with Crippen molar-refractivity contribution in [1.29, 1.82) is 0 Å². The van der Waals surface area contributed by atoms with Crippen molar-refractivity contribution in [3.05, 3.63) is 30.0 Å². The van der Waals surface area contributed by atoms with Gasteiger partial charge in [0, 0.05) is 36.8 Å². The Morgan fingerprint density at radius 3 is 2.68 bits per heavy atom. The average Bonchev–Trinajstić information content (AvgIpc) is 2.56. The van der Waals surface area contributed by atoms with Crippen molar-refractivity contribution >= 4 is 35.2 Å². The van der Waals surface area contributed by atoms with E-state index in [9.17, 15) is 4.79 Å². The number of aryl methyl sites for hydroxylation is 1. The summed E-state index contributed by atoms with van der Waals surface area (Å²) in [5.41, 5.74) is 2.09. The molecule has 0 bridgehead atoms. The summed E-state index contributed by atoms with van der Waals surface area (Å²) in [6, 6.07) is 5.68. The molecular formula is C18H24BN3O3. The Morgan fingerprint density at radius 2 is 2.00 bits per heavy atom. The molecule has 2 heterocycles. The number of hydrogen-bond acceptors (Lipinski definition) is 4. The second kappa shape index (κ2) is 7.02. The first-order chi connectivity index (χ1) is 11.9. The minimum Gasteiger partial charge on any atom is -0.407 e. The van der Waals surface area contributed by atoms with Crippen LogP contribution in [0.5, 0.6) is 0 Å². The normalized spacial score (nSPS) is 16.7. The lowest BCUT2D eigenvalue weighted by Gasteiger charge is -2.33. The topological polar surface area (TPSA) is 72.5 Å². The quantitative estimate of drug-likeness (QED) is 0.842. The molecule has 0 radical (unpaired) electrons. The van der Waals surface area contributed by atoms with Crippen molar-refractivity contribution in [2.45, 2.75) is 27.7 Å². The fourth-order valence-corrected chi connectivity index (χ4v) is 2.87. The Balaban J connectivity index is 1.95. The van der Waals surface area contributed by atoms with Gasteiger partial charge in [-0.15, -0.1) is 0 Å². The van der Waals surface area contributed by atoms with E-state index in [4.69, 9.17) is 9.31 Å². The molecule has 25 heavy (non-hydrogen) atoms. The summed E-state index contributed by atoms with van der Waals surface area (Å²) in [7, 11) is -0.407. The molecule has 1 aromatic carbocycles. The van der Waals surface area contributed by atoms with E-state index >= 15 is 0 Å². The van der Waals surface area contributed by atoms with Gasteiger partial charge in [-0.25, -0.2) is 9.78 Å². The van der Waals surface area contributed by atoms with Gasteiger partial charge in [0.15, 0.2) is 0 Å². The Morgan fingerprint density at radius 1 is 1.28 bits per heavy atom. The van der Waals surface area contributed by atoms with E-state index in [2.05, 4.69) is 29.5 Å². The van der Waals surface area contributed by atoms with Crippen LogP contribution in [0.4, 0.5) is 10.6 Å².